The lowest BCUT2D eigenvalue weighted by atomic mass is 9.80. The second-order valence-corrected chi connectivity index (χ2v) is 10.1. The number of halogens is 1. The lowest BCUT2D eigenvalue weighted by molar-refractivity contribution is -0.137. The number of carboxylic acids is 1. The molecule has 0 saturated carbocycles. The van der Waals surface area contributed by atoms with Gasteiger partial charge in [0.05, 0.1) is 25.8 Å². The van der Waals surface area contributed by atoms with E-state index in [1.807, 2.05) is 13.8 Å². The Morgan fingerprint density at radius 2 is 1.93 bits per heavy atom. The average molecular weight is 631 g/mol. The third kappa shape index (κ3) is 8.04. The number of carbonyl (C=O) groups excluding carboxylic acids is 2. The molecule has 12 heteroatoms. The number of aromatic nitrogens is 1. The summed E-state index contributed by atoms with van der Waals surface area (Å²) in [4.78, 5) is 42.5. The van der Waals surface area contributed by atoms with Crippen LogP contribution in [0.25, 0.3) is 0 Å². The van der Waals surface area contributed by atoms with Gasteiger partial charge in [-0.3, -0.25) is 19.8 Å². The van der Waals surface area contributed by atoms with E-state index in [1.54, 1.807) is 36.1 Å². The molecule has 0 radical (unpaired) electrons. The van der Waals surface area contributed by atoms with Crippen molar-refractivity contribution >= 4 is 40.5 Å². The smallest absolute Gasteiger partial charge is 0.303 e. The number of carboxylic acid groups (broad SMARTS) is 1. The van der Waals surface area contributed by atoms with E-state index in [1.165, 1.54) is 7.05 Å². The van der Waals surface area contributed by atoms with Crippen LogP contribution in [0.1, 0.15) is 84.1 Å². The Morgan fingerprint density at radius 3 is 2.56 bits per heavy atom. The van der Waals surface area contributed by atoms with E-state index in [2.05, 4.69) is 16.4 Å². The van der Waals surface area contributed by atoms with Crippen LogP contribution in [0.3, 0.4) is 0 Å². The highest BCUT2D eigenvalue weighted by Crippen LogP contribution is 2.36. The molecule has 0 bridgehead atoms. The Kier molecular flexibility index (Phi) is 11.8. The zero-order valence-electron chi connectivity index (χ0n) is 23.7. The van der Waals surface area contributed by atoms with Gasteiger partial charge in [0.2, 0.25) is 0 Å². The first kappa shape index (κ1) is 33.2. The van der Waals surface area contributed by atoms with Crippen LogP contribution < -0.4 is 14.8 Å². The van der Waals surface area contributed by atoms with Gasteiger partial charge >= 0.3 is 5.97 Å². The molecule has 0 saturated heterocycles. The molecular formula is C29H36BrN5O6. The Bertz CT molecular complexity index is 1350. The van der Waals surface area contributed by atoms with Gasteiger partial charge in [0.25, 0.3) is 5.91 Å². The van der Waals surface area contributed by atoms with Crippen LogP contribution in [0.2, 0.25) is 0 Å². The number of benzene rings is 1. The van der Waals surface area contributed by atoms with Crippen molar-refractivity contribution in [1.82, 2.24) is 15.2 Å². The monoisotopic (exact) mass is 629 g/mol. The van der Waals surface area contributed by atoms with Gasteiger partial charge in [-0.15, -0.1) is 17.0 Å². The normalized spacial score (nSPS) is 12.2. The quantitative estimate of drug-likeness (QED) is 0.204. The summed E-state index contributed by atoms with van der Waals surface area (Å²) < 4.78 is 11.5. The number of hydrogen-bond acceptors (Lipinski definition) is 8. The number of aliphatic carboxylic acids is 1. The molecule has 1 amide bonds. The molecule has 3 rings (SSSR count). The van der Waals surface area contributed by atoms with Gasteiger partial charge in [-0.1, -0.05) is 13.8 Å². The molecule has 1 aromatic heterocycles. The first-order valence-corrected chi connectivity index (χ1v) is 13.1. The Labute approximate surface area is 250 Å². The number of amides is 1. The van der Waals surface area contributed by atoms with E-state index in [4.69, 9.17) is 20.0 Å². The van der Waals surface area contributed by atoms with Crippen LogP contribution in [-0.4, -0.2) is 65.3 Å². The lowest BCUT2D eigenvalue weighted by Crippen LogP contribution is -2.31. The van der Waals surface area contributed by atoms with Crippen molar-refractivity contribution in [2.75, 3.05) is 26.8 Å². The van der Waals surface area contributed by atoms with Crippen LogP contribution in [-0.2, 0) is 16.8 Å². The van der Waals surface area contributed by atoms with Crippen molar-refractivity contribution in [3.05, 3.63) is 52.3 Å². The van der Waals surface area contributed by atoms with Crippen LogP contribution in [0.15, 0.2) is 24.3 Å². The molecule has 0 atom stereocenters. The summed E-state index contributed by atoms with van der Waals surface area (Å²) in [6, 6.07) is 8.97. The summed E-state index contributed by atoms with van der Waals surface area (Å²) >= 11 is 0. The minimum atomic E-state index is -0.856. The number of carbonyl (C=O) groups is 3. The van der Waals surface area contributed by atoms with E-state index in [0.717, 1.165) is 0 Å². The first-order valence-electron chi connectivity index (χ1n) is 13.1. The number of Topliss-reactive ketones (excluding diaryl/α,β-unsaturated/α-hetero) is 1. The molecule has 1 aromatic carbocycles. The largest absolute Gasteiger partial charge is 0.493 e. The number of nitriles is 1. The highest BCUT2D eigenvalue weighted by atomic mass is 79.9. The Morgan fingerprint density at radius 1 is 1.20 bits per heavy atom. The van der Waals surface area contributed by atoms with E-state index in [-0.39, 0.29) is 60.2 Å². The number of ketones is 1. The van der Waals surface area contributed by atoms with Crippen molar-refractivity contribution in [1.29, 1.82) is 10.7 Å². The van der Waals surface area contributed by atoms with Gasteiger partial charge < -0.3 is 24.8 Å². The number of nitrogens with zero attached hydrogens (tertiary/aromatic N) is 3. The van der Waals surface area contributed by atoms with Crippen molar-refractivity contribution in [3.63, 3.8) is 0 Å². The molecule has 11 nitrogen and oxygen atoms in total. The molecule has 1 aliphatic rings. The minimum absolute atomic E-state index is 0. The SMILES string of the molecule is Br.CCOc1cc2c(nc1C(=O)NC)C(=N)N(CC(=O)c1ccc(OCCCCC(=O)O)c(C(C)(C)CC#N)c1)C2. The van der Waals surface area contributed by atoms with Crippen LogP contribution in [0, 0.1) is 16.7 Å². The maximum Gasteiger partial charge on any atom is 0.303 e. The molecule has 2 heterocycles. The molecule has 2 aromatic rings. The molecule has 220 valence electrons. The highest BCUT2D eigenvalue weighted by molar-refractivity contribution is 8.93. The van der Waals surface area contributed by atoms with Crippen LogP contribution >= 0.6 is 17.0 Å². The predicted molar refractivity (Wildman–Crippen MR) is 157 cm³/mol. The minimum Gasteiger partial charge on any atom is -0.493 e. The summed E-state index contributed by atoms with van der Waals surface area (Å²) in [7, 11) is 1.49. The summed E-state index contributed by atoms with van der Waals surface area (Å²) in [6.07, 6.45) is 1.31. The zero-order chi connectivity index (χ0) is 29.4. The summed E-state index contributed by atoms with van der Waals surface area (Å²) in [5.41, 5.74) is 1.62. The van der Waals surface area contributed by atoms with Crippen LogP contribution in [0.4, 0.5) is 0 Å². The van der Waals surface area contributed by atoms with E-state index < -0.39 is 17.3 Å². The van der Waals surface area contributed by atoms with Gasteiger partial charge in [-0.25, -0.2) is 4.98 Å². The molecule has 0 spiro atoms. The molecule has 0 fully saturated rings. The molecule has 1 aliphatic heterocycles. The highest BCUT2D eigenvalue weighted by Gasteiger charge is 2.31. The van der Waals surface area contributed by atoms with Gasteiger partial charge in [0, 0.05) is 48.5 Å². The Hall–Kier alpha value is -3.98. The van der Waals surface area contributed by atoms with Crippen LogP contribution in [0.5, 0.6) is 11.5 Å². The zero-order valence-corrected chi connectivity index (χ0v) is 25.4. The van der Waals surface area contributed by atoms with E-state index >= 15 is 0 Å². The van der Waals surface area contributed by atoms with E-state index in [0.29, 0.717) is 59.9 Å². The van der Waals surface area contributed by atoms with E-state index in [9.17, 15) is 19.6 Å². The third-order valence-corrected chi connectivity index (χ3v) is 6.64. The number of ether oxygens (including phenoxy) is 2. The van der Waals surface area contributed by atoms with Crippen molar-refractivity contribution < 1.29 is 29.0 Å². The number of pyridine rings is 1. The number of nitrogens with one attached hydrogen (secondary N) is 2. The second kappa shape index (κ2) is 14.6. The molecule has 41 heavy (non-hydrogen) atoms. The number of hydrogen-bond donors (Lipinski definition) is 3. The maximum atomic E-state index is 13.4. The summed E-state index contributed by atoms with van der Waals surface area (Å²) in [6.45, 7) is 6.44. The predicted octanol–water partition coefficient (Wildman–Crippen LogP) is 4.27. The molecule has 0 unspecified atom stereocenters. The number of rotatable bonds is 14. The number of amidine groups is 1. The van der Waals surface area contributed by atoms with Gasteiger partial charge in [0.1, 0.15) is 17.3 Å². The molecule has 3 N–H and O–H groups in total. The van der Waals surface area contributed by atoms with Gasteiger partial charge in [-0.05, 0) is 44.0 Å². The average Bonchev–Trinajstić information content (AvgIpc) is 3.21. The fraction of sp³-hybridized carbons (Fsp3) is 0.448. The number of fused-ring (bicyclic) bond motifs is 1. The van der Waals surface area contributed by atoms with Gasteiger partial charge in [0.15, 0.2) is 17.2 Å². The van der Waals surface area contributed by atoms with Crippen molar-refractivity contribution in [2.45, 2.75) is 58.4 Å². The second-order valence-electron chi connectivity index (χ2n) is 10.1. The number of unbranched alkanes of at least 4 members (excludes halogenated alkanes) is 1. The lowest BCUT2D eigenvalue weighted by Gasteiger charge is -2.26. The molecular weight excluding hydrogens is 594 g/mol. The fourth-order valence-corrected chi connectivity index (χ4v) is 4.45. The topological polar surface area (TPSA) is 166 Å². The summed E-state index contributed by atoms with van der Waals surface area (Å²) in [5, 5.41) is 29.4. The van der Waals surface area contributed by atoms with Gasteiger partial charge in [-0.2, -0.15) is 5.26 Å². The first-order chi connectivity index (χ1) is 19.0. The Balaban J connectivity index is 0.00000588. The standard InChI is InChI=1S/C29H35N5O6.BrH/c1-5-39-23-15-19-16-34(27(31)25(19)33-26(23)28(38)32-4)17-21(35)18-9-10-22(40-13-7-6-8-24(36)37)20(14-18)29(2,3)11-12-30;/h9-10,14-15,31H,5-8,11,13,16-17H2,1-4H3,(H,32,38)(H,36,37);1H. The molecule has 0 aliphatic carbocycles. The maximum absolute atomic E-state index is 13.4. The van der Waals surface area contributed by atoms with Crippen molar-refractivity contribution in [2.24, 2.45) is 0 Å². The summed E-state index contributed by atoms with van der Waals surface area (Å²) in [5.74, 6) is -0.595. The van der Waals surface area contributed by atoms with Crippen molar-refractivity contribution in [3.8, 4) is 17.6 Å². The third-order valence-electron chi connectivity index (χ3n) is 6.64. The fourth-order valence-electron chi connectivity index (χ4n) is 4.45.